The van der Waals surface area contributed by atoms with Crippen molar-refractivity contribution >= 4 is 29.0 Å². The molecular weight excluding hydrogens is 362 g/mol. The van der Waals surface area contributed by atoms with E-state index in [1.807, 2.05) is 17.8 Å². The van der Waals surface area contributed by atoms with Gasteiger partial charge in [-0.05, 0) is 61.0 Å². The molecule has 0 fully saturated rings. The monoisotopic (exact) mass is 385 g/mol. The van der Waals surface area contributed by atoms with Gasteiger partial charge in [-0.25, -0.2) is 4.98 Å². The van der Waals surface area contributed by atoms with E-state index in [-0.39, 0.29) is 5.91 Å². The summed E-state index contributed by atoms with van der Waals surface area (Å²) in [5.41, 5.74) is 4.83. The van der Waals surface area contributed by atoms with Crippen LogP contribution in [0.5, 0.6) is 0 Å². The van der Waals surface area contributed by atoms with Crippen molar-refractivity contribution in [2.75, 3.05) is 12.8 Å². The van der Waals surface area contributed by atoms with Crippen molar-refractivity contribution in [3.8, 4) is 5.69 Å². The number of aromatic nitrogens is 2. The molecule has 2 heterocycles. The van der Waals surface area contributed by atoms with Crippen LogP contribution in [0.25, 0.3) is 5.69 Å². The summed E-state index contributed by atoms with van der Waals surface area (Å²) < 4.78 is 2.04. The van der Waals surface area contributed by atoms with Crippen molar-refractivity contribution in [1.29, 1.82) is 0 Å². The van der Waals surface area contributed by atoms with E-state index >= 15 is 0 Å². The molecule has 3 rings (SSSR count). The van der Waals surface area contributed by atoms with Gasteiger partial charge < -0.3 is 4.90 Å². The van der Waals surface area contributed by atoms with Crippen molar-refractivity contribution in [3.05, 3.63) is 63.6 Å². The van der Waals surface area contributed by atoms with Crippen molar-refractivity contribution in [3.63, 3.8) is 0 Å². The van der Waals surface area contributed by atoms with Crippen LogP contribution in [0.2, 0.25) is 0 Å². The van der Waals surface area contributed by atoms with Gasteiger partial charge in [-0.2, -0.15) is 0 Å². The highest BCUT2D eigenvalue weighted by Crippen LogP contribution is 2.23. The van der Waals surface area contributed by atoms with Crippen LogP contribution in [0.15, 0.2) is 47.2 Å². The molecule has 0 aliphatic heterocycles. The van der Waals surface area contributed by atoms with Gasteiger partial charge >= 0.3 is 0 Å². The maximum Gasteiger partial charge on any atom is 0.233 e. The van der Waals surface area contributed by atoms with Crippen LogP contribution in [0.3, 0.4) is 0 Å². The van der Waals surface area contributed by atoms with E-state index in [0.29, 0.717) is 12.3 Å². The molecule has 0 unspecified atom stereocenters. The first-order valence-electron chi connectivity index (χ1n) is 8.46. The van der Waals surface area contributed by atoms with Crippen LogP contribution in [0.1, 0.15) is 21.6 Å². The maximum absolute atomic E-state index is 12.5. The number of thioether (sulfide) groups is 1. The standard InChI is InChI=1S/C20H23N3OS2/c1-14-5-6-17(11-16(14)3)23-9-8-21-20(23)26-13-19(24)22(4)12-18-15(2)7-10-25-18/h5-11H,12-13H2,1-4H3. The van der Waals surface area contributed by atoms with Crippen LogP contribution in [-0.4, -0.2) is 33.2 Å². The molecule has 0 saturated carbocycles. The summed E-state index contributed by atoms with van der Waals surface area (Å²) in [5.74, 6) is 0.486. The number of nitrogens with zero attached hydrogens (tertiary/aromatic N) is 3. The molecule has 0 aliphatic rings. The molecule has 6 heteroatoms. The molecule has 0 aliphatic carbocycles. The fourth-order valence-corrected chi connectivity index (χ4v) is 4.45. The number of carbonyl (C=O) groups is 1. The van der Waals surface area contributed by atoms with Gasteiger partial charge in [0, 0.05) is 30.0 Å². The SMILES string of the molecule is Cc1ccc(-n2ccnc2SCC(=O)N(C)Cc2sccc2C)cc1C. The molecule has 0 spiro atoms. The van der Waals surface area contributed by atoms with E-state index in [2.05, 4.69) is 55.4 Å². The minimum absolute atomic E-state index is 0.109. The fraction of sp³-hybridized carbons (Fsp3) is 0.300. The number of hydrogen-bond acceptors (Lipinski definition) is 4. The number of carbonyl (C=O) groups excluding carboxylic acids is 1. The van der Waals surface area contributed by atoms with Crippen molar-refractivity contribution in [2.24, 2.45) is 0 Å². The van der Waals surface area contributed by atoms with Crippen LogP contribution >= 0.6 is 23.1 Å². The summed E-state index contributed by atoms with van der Waals surface area (Å²) in [6.07, 6.45) is 3.72. The van der Waals surface area contributed by atoms with Crippen molar-refractivity contribution in [2.45, 2.75) is 32.5 Å². The Morgan fingerprint density at radius 1 is 1.19 bits per heavy atom. The third kappa shape index (κ3) is 4.19. The zero-order chi connectivity index (χ0) is 18.7. The number of amides is 1. The molecule has 136 valence electrons. The lowest BCUT2D eigenvalue weighted by Gasteiger charge is -2.17. The zero-order valence-corrected chi connectivity index (χ0v) is 17.2. The number of hydrogen-bond donors (Lipinski definition) is 0. The third-order valence-electron chi connectivity index (χ3n) is 4.47. The van der Waals surface area contributed by atoms with E-state index in [1.54, 1.807) is 22.4 Å². The van der Waals surface area contributed by atoms with Crippen LogP contribution in [0.4, 0.5) is 0 Å². The Bertz CT molecular complexity index is 913. The number of imidazole rings is 1. The molecular formula is C20H23N3OS2. The number of aryl methyl sites for hydroxylation is 3. The minimum atomic E-state index is 0.109. The molecule has 0 N–H and O–H groups in total. The van der Waals surface area contributed by atoms with Gasteiger partial charge in [-0.15, -0.1) is 11.3 Å². The number of benzene rings is 1. The highest BCUT2D eigenvalue weighted by molar-refractivity contribution is 7.99. The third-order valence-corrected chi connectivity index (χ3v) is 6.43. The molecule has 0 atom stereocenters. The first-order valence-corrected chi connectivity index (χ1v) is 10.3. The normalized spacial score (nSPS) is 10.9. The Morgan fingerprint density at radius 2 is 2.00 bits per heavy atom. The Balaban J connectivity index is 1.65. The Hall–Kier alpha value is -2.05. The fourth-order valence-electron chi connectivity index (χ4n) is 2.57. The van der Waals surface area contributed by atoms with E-state index in [9.17, 15) is 4.79 Å². The minimum Gasteiger partial charge on any atom is -0.340 e. The molecule has 2 aromatic heterocycles. The molecule has 1 aromatic carbocycles. The number of rotatable bonds is 6. The van der Waals surface area contributed by atoms with Crippen LogP contribution in [-0.2, 0) is 11.3 Å². The van der Waals surface area contributed by atoms with Crippen LogP contribution < -0.4 is 0 Å². The Labute approximate surface area is 162 Å². The van der Waals surface area contributed by atoms with E-state index < -0.39 is 0 Å². The predicted molar refractivity (Wildman–Crippen MR) is 109 cm³/mol. The molecule has 0 bridgehead atoms. The summed E-state index contributed by atoms with van der Waals surface area (Å²) in [6, 6.07) is 8.44. The first kappa shape index (κ1) is 18.7. The Kier molecular flexibility index (Phi) is 5.84. The second kappa shape index (κ2) is 8.10. The van der Waals surface area contributed by atoms with Crippen molar-refractivity contribution < 1.29 is 4.79 Å². The Morgan fingerprint density at radius 3 is 2.69 bits per heavy atom. The van der Waals surface area contributed by atoms with Gasteiger partial charge in [0.25, 0.3) is 0 Å². The second-order valence-corrected chi connectivity index (χ2v) is 8.36. The lowest BCUT2D eigenvalue weighted by Crippen LogP contribution is -2.27. The average molecular weight is 386 g/mol. The van der Waals surface area contributed by atoms with Gasteiger partial charge in [-0.3, -0.25) is 9.36 Å². The summed E-state index contributed by atoms with van der Waals surface area (Å²) in [5, 5.41) is 2.90. The van der Waals surface area contributed by atoms with E-state index in [1.165, 1.54) is 33.3 Å². The molecule has 0 saturated heterocycles. The van der Waals surface area contributed by atoms with E-state index in [4.69, 9.17) is 0 Å². The van der Waals surface area contributed by atoms with E-state index in [0.717, 1.165) is 10.8 Å². The summed E-state index contributed by atoms with van der Waals surface area (Å²) in [7, 11) is 1.86. The smallest absolute Gasteiger partial charge is 0.233 e. The summed E-state index contributed by atoms with van der Waals surface area (Å²) in [6.45, 7) is 6.95. The maximum atomic E-state index is 12.5. The summed E-state index contributed by atoms with van der Waals surface area (Å²) >= 11 is 3.17. The molecule has 4 nitrogen and oxygen atoms in total. The highest BCUT2D eigenvalue weighted by atomic mass is 32.2. The number of thiophene rings is 1. The van der Waals surface area contributed by atoms with Gasteiger partial charge in [-0.1, -0.05) is 17.8 Å². The topological polar surface area (TPSA) is 38.1 Å². The molecule has 26 heavy (non-hydrogen) atoms. The first-order chi connectivity index (χ1) is 12.5. The quantitative estimate of drug-likeness (QED) is 0.582. The molecule has 0 radical (unpaired) electrons. The predicted octanol–water partition coefficient (Wildman–Crippen LogP) is 4.61. The highest BCUT2D eigenvalue weighted by Gasteiger charge is 2.14. The average Bonchev–Trinajstić information content (AvgIpc) is 3.24. The summed E-state index contributed by atoms with van der Waals surface area (Å²) in [4.78, 5) is 19.9. The molecule has 1 amide bonds. The van der Waals surface area contributed by atoms with Crippen LogP contribution in [0, 0.1) is 20.8 Å². The zero-order valence-electron chi connectivity index (χ0n) is 15.5. The lowest BCUT2D eigenvalue weighted by molar-refractivity contribution is -0.127. The second-order valence-electron chi connectivity index (χ2n) is 6.41. The molecule has 3 aromatic rings. The van der Waals surface area contributed by atoms with Crippen molar-refractivity contribution in [1.82, 2.24) is 14.5 Å². The van der Waals surface area contributed by atoms with Gasteiger partial charge in [0.2, 0.25) is 5.91 Å². The van der Waals surface area contributed by atoms with Gasteiger partial charge in [0.05, 0.1) is 12.3 Å². The van der Waals surface area contributed by atoms with Gasteiger partial charge in [0.15, 0.2) is 5.16 Å². The lowest BCUT2D eigenvalue weighted by atomic mass is 10.1. The largest absolute Gasteiger partial charge is 0.340 e. The van der Waals surface area contributed by atoms with Gasteiger partial charge in [0.1, 0.15) is 0 Å².